The number of ether oxygens (including phenoxy) is 1. The van der Waals surface area contributed by atoms with Gasteiger partial charge in [-0.3, -0.25) is 4.79 Å². The summed E-state index contributed by atoms with van der Waals surface area (Å²) in [6.45, 7) is 5.10. The van der Waals surface area contributed by atoms with E-state index in [0.717, 1.165) is 19.3 Å². The molecule has 0 aromatic heterocycles. The monoisotopic (exact) mass is 464 g/mol. The van der Waals surface area contributed by atoms with Crippen LogP contribution >= 0.6 is 11.6 Å². The lowest BCUT2D eigenvalue weighted by Gasteiger charge is -2.33. The van der Waals surface area contributed by atoms with Gasteiger partial charge in [0, 0.05) is 13.1 Å². The lowest BCUT2D eigenvalue weighted by Crippen LogP contribution is -2.49. The van der Waals surface area contributed by atoms with E-state index in [2.05, 4.69) is 16.9 Å². The van der Waals surface area contributed by atoms with Crippen molar-refractivity contribution in [3.05, 3.63) is 59.1 Å². The zero-order valence-electron chi connectivity index (χ0n) is 17.9. The van der Waals surface area contributed by atoms with Crippen molar-refractivity contribution in [2.24, 2.45) is 5.92 Å². The first-order chi connectivity index (χ1) is 14.8. The number of likely N-dealkylation sites (tertiary alicyclic amines) is 1. The highest BCUT2D eigenvalue weighted by atomic mass is 35.5. The van der Waals surface area contributed by atoms with Crippen LogP contribution in [0.3, 0.4) is 0 Å². The Bertz CT molecular complexity index is 990. The quantitative estimate of drug-likeness (QED) is 0.643. The van der Waals surface area contributed by atoms with Crippen molar-refractivity contribution in [1.82, 2.24) is 9.62 Å². The van der Waals surface area contributed by atoms with E-state index in [1.807, 2.05) is 25.1 Å². The normalized spacial score (nSPS) is 16.2. The number of nitrogens with zero attached hydrogens (tertiary/aromatic N) is 1. The van der Waals surface area contributed by atoms with E-state index < -0.39 is 16.1 Å². The molecule has 1 fully saturated rings. The molecule has 0 radical (unpaired) electrons. The zero-order chi connectivity index (χ0) is 22.4. The van der Waals surface area contributed by atoms with Crippen LogP contribution in [0, 0.1) is 5.92 Å². The summed E-state index contributed by atoms with van der Waals surface area (Å²) in [5.41, 5.74) is 1.31. The maximum atomic E-state index is 12.8. The predicted octanol–water partition coefficient (Wildman–Crippen LogP) is 3.89. The van der Waals surface area contributed by atoms with Crippen LogP contribution in [-0.2, 0) is 21.2 Å². The summed E-state index contributed by atoms with van der Waals surface area (Å²) in [5.74, 6) is 0.744. The molecule has 2 aromatic carbocycles. The molecule has 0 aliphatic carbocycles. The molecule has 0 unspecified atom stereocenters. The second kappa shape index (κ2) is 10.5. The number of amides is 1. The average molecular weight is 465 g/mol. The van der Waals surface area contributed by atoms with Gasteiger partial charge < -0.3 is 9.64 Å². The number of benzene rings is 2. The SMILES string of the molecule is CCOc1ccc(S(=O)(=O)N[C@H](C)C(=O)N2CCC(Cc3ccccc3)CC2)cc1Cl. The molecule has 0 bridgehead atoms. The van der Waals surface area contributed by atoms with E-state index >= 15 is 0 Å². The molecule has 1 aliphatic rings. The number of nitrogens with one attached hydrogen (secondary N) is 1. The molecular formula is C23H29ClN2O4S. The minimum absolute atomic E-state index is 0.00201. The summed E-state index contributed by atoms with van der Waals surface area (Å²) < 4.78 is 33.3. The third kappa shape index (κ3) is 6.21. The molecule has 1 amide bonds. The molecule has 1 heterocycles. The Hall–Kier alpha value is -2.09. The van der Waals surface area contributed by atoms with Gasteiger partial charge in [0.25, 0.3) is 0 Å². The van der Waals surface area contributed by atoms with Gasteiger partial charge in [0.2, 0.25) is 15.9 Å². The fraction of sp³-hybridized carbons (Fsp3) is 0.435. The molecule has 1 atom stereocenters. The van der Waals surface area contributed by atoms with Crippen molar-refractivity contribution >= 4 is 27.5 Å². The highest BCUT2D eigenvalue weighted by Crippen LogP contribution is 2.27. The molecule has 1 N–H and O–H groups in total. The van der Waals surface area contributed by atoms with Gasteiger partial charge in [-0.1, -0.05) is 41.9 Å². The molecule has 6 nitrogen and oxygen atoms in total. The van der Waals surface area contributed by atoms with Crippen LogP contribution in [0.4, 0.5) is 0 Å². The van der Waals surface area contributed by atoms with Crippen LogP contribution in [-0.4, -0.2) is 45.0 Å². The Balaban J connectivity index is 1.56. The van der Waals surface area contributed by atoms with Crippen LogP contribution in [0.5, 0.6) is 5.75 Å². The van der Waals surface area contributed by atoms with Crippen molar-refractivity contribution < 1.29 is 17.9 Å². The maximum Gasteiger partial charge on any atom is 0.241 e. The van der Waals surface area contributed by atoms with Gasteiger partial charge in [-0.05, 0) is 62.8 Å². The van der Waals surface area contributed by atoms with E-state index in [0.29, 0.717) is 31.4 Å². The third-order valence-electron chi connectivity index (χ3n) is 5.51. The lowest BCUT2D eigenvalue weighted by atomic mass is 9.90. The molecule has 2 aromatic rings. The van der Waals surface area contributed by atoms with Gasteiger partial charge in [0.05, 0.1) is 22.6 Å². The minimum Gasteiger partial charge on any atom is -0.492 e. The van der Waals surface area contributed by atoms with Crippen LogP contribution in [0.25, 0.3) is 0 Å². The molecule has 3 rings (SSSR count). The minimum atomic E-state index is -3.89. The molecule has 31 heavy (non-hydrogen) atoms. The van der Waals surface area contributed by atoms with Crippen LogP contribution in [0.2, 0.25) is 5.02 Å². The highest BCUT2D eigenvalue weighted by molar-refractivity contribution is 7.89. The predicted molar refractivity (Wildman–Crippen MR) is 122 cm³/mol. The van der Waals surface area contributed by atoms with Gasteiger partial charge in [-0.15, -0.1) is 0 Å². The molecule has 1 aliphatic heterocycles. The molecular weight excluding hydrogens is 436 g/mol. The van der Waals surface area contributed by atoms with Crippen LogP contribution in [0.1, 0.15) is 32.3 Å². The molecule has 168 valence electrons. The number of rotatable bonds is 8. The number of sulfonamides is 1. The Kier molecular flexibility index (Phi) is 7.97. The first-order valence-corrected chi connectivity index (χ1v) is 12.4. The van der Waals surface area contributed by atoms with Gasteiger partial charge >= 0.3 is 0 Å². The lowest BCUT2D eigenvalue weighted by molar-refractivity contribution is -0.133. The molecule has 0 spiro atoms. The summed E-state index contributed by atoms with van der Waals surface area (Å²) in [5, 5.41) is 0.212. The van der Waals surface area contributed by atoms with E-state index in [-0.39, 0.29) is 15.8 Å². The van der Waals surface area contributed by atoms with E-state index in [9.17, 15) is 13.2 Å². The fourth-order valence-corrected chi connectivity index (χ4v) is 5.37. The van der Waals surface area contributed by atoms with Crippen molar-refractivity contribution in [3.8, 4) is 5.75 Å². The second-order valence-electron chi connectivity index (χ2n) is 7.83. The van der Waals surface area contributed by atoms with Crippen molar-refractivity contribution in [1.29, 1.82) is 0 Å². The Morgan fingerprint density at radius 3 is 2.48 bits per heavy atom. The number of carbonyl (C=O) groups is 1. The molecule has 0 saturated carbocycles. The highest BCUT2D eigenvalue weighted by Gasteiger charge is 2.29. The first-order valence-electron chi connectivity index (χ1n) is 10.6. The van der Waals surface area contributed by atoms with Crippen molar-refractivity contribution in [3.63, 3.8) is 0 Å². The van der Waals surface area contributed by atoms with E-state index in [1.165, 1.54) is 23.8 Å². The Morgan fingerprint density at radius 1 is 1.19 bits per heavy atom. The number of hydrogen-bond acceptors (Lipinski definition) is 4. The van der Waals surface area contributed by atoms with Crippen LogP contribution < -0.4 is 9.46 Å². The smallest absolute Gasteiger partial charge is 0.241 e. The van der Waals surface area contributed by atoms with Gasteiger partial charge in [-0.2, -0.15) is 4.72 Å². The summed E-state index contributed by atoms with van der Waals surface area (Å²) in [7, 11) is -3.89. The van der Waals surface area contributed by atoms with Crippen LogP contribution in [0.15, 0.2) is 53.4 Å². The van der Waals surface area contributed by atoms with Crippen molar-refractivity contribution in [2.75, 3.05) is 19.7 Å². The number of hydrogen-bond donors (Lipinski definition) is 1. The second-order valence-corrected chi connectivity index (χ2v) is 9.95. The molecule has 1 saturated heterocycles. The van der Waals surface area contributed by atoms with Gasteiger partial charge in [0.1, 0.15) is 5.75 Å². The topological polar surface area (TPSA) is 75.7 Å². The number of carbonyl (C=O) groups excluding carboxylic acids is 1. The Labute approximate surface area is 189 Å². The van der Waals surface area contributed by atoms with E-state index in [1.54, 1.807) is 11.8 Å². The Morgan fingerprint density at radius 2 is 1.87 bits per heavy atom. The summed E-state index contributed by atoms with van der Waals surface area (Å²) in [6, 6.07) is 13.8. The molecule has 8 heteroatoms. The maximum absolute atomic E-state index is 12.8. The summed E-state index contributed by atoms with van der Waals surface area (Å²) >= 11 is 6.11. The number of piperidine rings is 1. The summed E-state index contributed by atoms with van der Waals surface area (Å²) in [6.07, 6.45) is 2.83. The van der Waals surface area contributed by atoms with Crippen molar-refractivity contribution in [2.45, 2.75) is 44.0 Å². The third-order valence-corrected chi connectivity index (χ3v) is 7.34. The van der Waals surface area contributed by atoms with Gasteiger partial charge in [-0.25, -0.2) is 8.42 Å². The zero-order valence-corrected chi connectivity index (χ0v) is 19.5. The number of halogens is 1. The standard InChI is InChI=1S/C23H29ClN2O4S/c1-3-30-22-10-9-20(16-21(22)24)31(28,29)25-17(2)23(27)26-13-11-19(12-14-26)15-18-7-5-4-6-8-18/h4-10,16-17,19,25H,3,11-15H2,1-2H3/t17-/m1/s1. The largest absolute Gasteiger partial charge is 0.492 e. The average Bonchev–Trinajstić information content (AvgIpc) is 2.75. The van der Waals surface area contributed by atoms with E-state index in [4.69, 9.17) is 16.3 Å². The first kappa shape index (κ1) is 23.6. The summed E-state index contributed by atoms with van der Waals surface area (Å²) in [4.78, 5) is 14.6. The fourth-order valence-electron chi connectivity index (χ4n) is 3.85. The van der Waals surface area contributed by atoms with Gasteiger partial charge in [0.15, 0.2) is 0 Å².